The molecule has 0 saturated carbocycles. The van der Waals surface area contributed by atoms with Crippen molar-refractivity contribution in [3.05, 3.63) is 70.3 Å². The van der Waals surface area contributed by atoms with Crippen LogP contribution in [0.5, 0.6) is 5.75 Å². The Labute approximate surface area is 147 Å². The Kier molecular flexibility index (Phi) is 6.17. The number of likely N-dealkylation sites (N-methyl/N-ethyl adjacent to an activating group) is 1. The van der Waals surface area contributed by atoms with Gasteiger partial charge < -0.3 is 9.64 Å². The fourth-order valence-electron chi connectivity index (χ4n) is 3.13. The van der Waals surface area contributed by atoms with E-state index >= 15 is 0 Å². The van der Waals surface area contributed by atoms with Crippen LogP contribution in [-0.4, -0.2) is 36.1 Å². The highest BCUT2D eigenvalue weighted by atomic mass is 35.5. The first-order chi connectivity index (χ1) is 11.1. The van der Waals surface area contributed by atoms with E-state index in [2.05, 4.69) is 24.1 Å². The van der Waals surface area contributed by atoms with Gasteiger partial charge in [0.1, 0.15) is 6.10 Å². The number of nitrogens with zero attached hydrogens (tertiary/aromatic N) is 2. The summed E-state index contributed by atoms with van der Waals surface area (Å²) in [4.78, 5) is 13.1. The molecule has 128 valence electrons. The number of rotatable bonds is 4. The van der Waals surface area contributed by atoms with Gasteiger partial charge in [0.25, 0.3) is 0 Å². The van der Waals surface area contributed by atoms with Gasteiger partial charge in [0.05, 0.1) is 4.92 Å². The number of ether oxygens (including phenoxy) is 1. The smallest absolute Gasteiger partial charge is 0.310 e. The molecule has 2 aromatic carbocycles. The predicted octanol–water partition coefficient (Wildman–Crippen LogP) is 3.88. The minimum Gasteiger partial charge on any atom is -0.483 e. The van der Waals surface area contributed by atoms with Gasteiger partial charge in [-0.1, -0.05) is 42.5 Å². The van der Waals surface area contributed by atoms with Gasteiger partial charge in [0.15, 0.2) is 5.75 Å². The van der Waals surface area contributed by atoms with Gasteiger partial charge in [0, 0.05) is 25.1 Å². The molecule has 5 nitrogen and oxygen atoms in total. The van der Waals surface area contributed by atoms with Crippen molar-refractivity contribution < 1.29 is 9.66 Å². The van der Waals surface area contributed by atoms with Crippen LogP contribution in [0.15, 0.2) is 54.6 Å². The highest BCUT2D eigenvalue weighted by Crippen LogP contribution is 2.34. The van der Waals surface area contributed by atoms with Crippen molar-refractivity contribution in [1.29, 1.82) is 0 Å². The third-order valence-corrected chi connectivity index (χ3v) is 4.32. The van der Waals surface area contributed by atoms with Gasteiger partial charge >= 0.3 is 5.69 Å². The van der Waals surface area contributed by atoms with E-state index in [-0.39, 0.29) is 35.0 Å². The van der Waals surface area contributed by atoms with Gasteiger partial charge in [-0.25, -0.2) is 0 Å². The molecule has 1 aliphatic rings. The third-order valence-electron chi connectivity index (χ3n) is 4.32. The lowest BCUT2D eigenvalue weighted by Crippen LogP contribution is -2.42. The minimum atomic E-state index is -0.387. The lowest BCUT2D eigenvalue weighted by Gasteiger charge is -2.37. The molecule has 0 spiro atoms. The number of likely N-dealkylation sites (tertiary alicyclic amines) is 1. The standard InChI is InChI=1S/C18H20N2O3.ClH/c1-19-12-11-17(15(13-19)14-7-3-2-4-8-14)23-18-10-6-5-9-16(18)20(21)22;/h2-10,15,17H,11-13H2,1H3;1H/t15-,17+;/m1./s1. The Balaban J connectivity index is 0.00000208. The fourth-order valence-corrected chi connectivity index (χ4v) is 3.13. The molecule has 6 heteroatoms. The Morgan fingerprint density at radius 3 is 2.50 bits per heavy atom. The minimum absolute atomic E-state index is 0. The zero-order valence-corrected chi connectivity index (χ0v) is 14.3. The zero-order chi connectivity index (χ0) is 16.2. The Morgan fingerprint density at radius 2 is 1.79 bits per heavy atom. The van der Waals surface area contributed by atoms with Gasteiger partial charge in [-0.3, -0.25) is 10.1 Å². The first kappa shape index (κ1) is 18.2. The molecule has 0 unspecified atom stereocenters. The van der Waals surface area contributed by atoms with E-state index in [1.165, 1.54) is 11.6 Å². The van der Waals surface area contributed by atoms with Crippen LogP contribution in [-0.2, 0) is 0 Å². The van der Waals surface area contributed by atoms with Crippen LogP contribution < -0.4 is 4.74 Å². The van der Waals surface area contributed by atoms with Crippen molar-refractivity contribution in [3.8, 4) is 5.75 Å². The van der Waals surface area contributed by atoms with Crippen molar-refractivity contribution in [2.24, 2.45) is 0 Å². The summed E-state index contributed by atoms with van der Waals surface area (Å²) in [6.07, 6.45) is 0.789. The van der Waals surface area contributed by atoms with E-state index in [4.69, 9.17) is 4.74 Å². The predicted molar refractivity (Wildman–Crippen MR) is 96.1 cm³/mol. The molecule has 0 amide bonds. The van der Waals surface area contributed by atoms with Crippen molar-refractivity contribution in [3.63, 3.8) is 0 Å². The summed E-state index contributed by atoms with van der Waals surface area (Å²) in [5.74, 6) is 0.558. The molecule has 0 bridgehead atoms. The Morgan fingerprint density at radius 1 is 1.12 bits per heavy atom. The maximum absolute atomic E-state index is 11.2. The molecule has 24 heavy (non-hydrogen) atoms. The number of benzene rings is 2. The number of hydrogen-bond acceptors (Lipinski definition) is 4. The maximum atomic E-state index is 11.2. The Bertz CT molecular complexity index is 681. The summed E-state index contributed by atoms with van der Waals surface area (Å²) in [6.45, 7) is 1.81. The molecule has 0 N–H and O–H groups in total. The fraction of sp³-hybridized carbons (Fsp3) is 0.333. The quantitative estimate of drug-likeness (QED) is 0.621. The first-order valence-corrected chi connectivity index (χ1v) is 7.78. The van der Waals surface area contributed by atoms with Crippen LogP contribution in [0, 0.1) is 10.1 Å². The van der Waals surface area contributed by atoms with Gasteiger partial charge in [0.2, 0.25) is 0 Å². The van der Waals surface area contributed by atoms with E-state index in [0.29, 0.717) is 5.75 Å². The van der Waals surface area contributed by atoms with Crippen LogP contribution in [0.1, 0.15) is 17.9 Å². The second-order valence-corrected chi connectivity index (χ2v) is 5.95. The molecule has 0 radical (unpaired) electrons. The topological polar surface area (TPSA) is 55.6 Å². The normalized spacial score (nSPS) is 20.9. The van der Waals surface area contributed by atoms with Gasteiger partial charge in [-0.2, -0.15) is 0 Å². The first-order valence-electron chi connectivity index (χ1n) is 7.78. The summed E-state index contributed by atoms with van der Waals surface area (Å²) < 4.78 is 6.09. The molecule has 0 aromatic heterocycles. The molecule has 0 aliphatic carbocycles. The van der Waals surface area contributed by atoms with Crippen LogP contribution in [0.3, 0.4) is 0 Å². The highest BCUT2D eigenvalue weighted by Gasteiger charge is 2.32. The molecule has 1 heterocycles. The molecule has 2 aromatic rings. The number of nitro groups is 1. The van der Waals surface area contributed by atoms with Crippen molar-refractivity contribution >= 4 is 18.1 Å². The van der Waals surface area contributed by atoms with Gasteiger partial charge in [-0.05, 0) is 25.1 Å². The van der Waals surface area contributed by atoms with Crippen molar-refractivity contribution in [1.82, 2.24) is 4.90 Å². The number of nitro benzene ring substituents is 1. The molecule has 1 aliphatic heterocycles. The summed E-state index contributed by atoms with van der Waals surface area (Å²) >= 11 is 0. The average Bonchev–Trinajstić information content (AvgIpc) is 2.57. The lowest BCUT2D eigenvalue weighted by molar-refractivity contribution is -0.386. The molecule has 3 rings (SSSR count). The summed E-state index contributed by atoms with van der Waals surface area (Å²) in [5.41, 5.74) is 1.24. The molecular formula is C18H21ClN2O3. The average molecular weight is 349 g/mol. The van der Waals surface area contributed by atoms with E-state index in [0.717, 1.165) is 19.5 Å². The number of para-hydroxylation sites is 2. The highest BCUT2D eigenvalue weighted by molar-refractivity contribution is 5.85. The number of hydrogen-bond donors (Lipinski definition) is 0. The van der Waals surface area contributed by atoms with E-state index in [9.17, 15) is 10.1 Å². The van der Waals surface area contributed by atoms with E-state index in [1.807, 2.05) is 18.2 Å². The third kappa shape index (κ3) is 4.04. The second-order valence-electron chi connectivity index (χ2n) is 5.95. The monoisotopic (exact) mass is 348 g/mol. The molecule has 1 saturated heterocycles. The summed E-state index contributed by atoms with van der Waals surface area (Å²) in [7, 11) is 2.09. The van der Waals surface area contributed by atoms with Crippen molar-refractivity contribution in [2.75, 3.05) is 20.1 Å². The van der Waals surface area contributed by atoms with E-state index in [1.54, 1.807) is 18.2 Å². The molecular weight excluding hydrogens is 328 g/mol. The number of piperidine rings is 1. The second kappa shape index (κ2) is 8.13. The molecule has 1 fully saturated rings. The number of halogens is 1. The zero-order valence-electron chi connectivity index (χ0n) is 13.5. The van der Waals surface area contributed by atoms with Crippen LogP contribution in [0.4, 0.5) is 5.69 Å². The summed E-state index contributed by atoms with van der Waals surface area (Å²) in [6, 6.07) is 16.8. The Hall–Kier alpha value is -2.11. The molecule has 2 atom stereocenters. The lowest BCUT2D eigenvalue weighted by atomic mass is 9.88. The maximum Gasteiger partial charge on any atom is 0.310 e. The SMILES string of the molecule is CN1CC[C@H](Oc2ccccc2[N+](=O)[O-])[C@@H](c2ccccc2)C1.Cl. The van der Waals surface area contributed by atoms with Crippen LogP contribution >= 0.6 is 12.4 Å². The van der Waals surface area contributed by atoms with Crippen molar-refractivity contribution in [2.45, 2.75) is 18.4 Å². The van der Waals surface area contributed by atoms with Crippen LogP contribution in [0.25, 0.3) is 0 Å². The summed E-state index contributed by atoms with van der Waals surface area (Å²) in [5, 5.41) is 11.2. The van der Waals surface area contributed by atoms with Gasteiger partial charge in [-0.15, -0.1) is 12.4 Å². The largest absolute Gasteiger partial charge is 0.483 e. The van der Waals surface area contributed by atoms with Crippen LogP contribution in [0.2, 0.25) is 0 Å². The van der Waals surface area contributed by atoms with E-state index < -0.39 is 0 Å².